The van der Waals surface area contributed by atoms with Gasteiger partial charge in [-0.05, 0) is 26.8 Å². The fraction of sp³-hybridized carbons (Fsp3) is 0.273. The summed E-state index contributed by atoms with van der Waals surface area (Å²) in [5.74, 6) is -1.33. The first-order valence-electron chi connectivity index (χ1n) is 4.69. The molecule has 1 aromatic heterocycles. The number of carbonyl (C=O) groups is 2. The van der Waals surface area contributed by atoms with E-state index in [2.05, 4.69) is 5.32 Å². The molecule has 0 saturated carbocycles. The Morgan fingerprint density at radius 3 is 2.56 bits per heavy atom. The van der Waals surface area contributed by atoms with E-state index in [1.807, 2.05) is 0 Å². The van der Waals surface area contributed by atoms with Crippen molar-refractivity contribution < 1.29 is 14.7 Å². The molecule has 0 spiro atoms. The predicted octanol–water partition coefficient (Wildman–Crippen LogP) is 2.66. The average molecular weight is 239 g/mol. The summed E-state index contributed by atoms with van der Waals surface area (Å²) < 4.78 is 0. The Morgan fingerprint density at radius 2 is 2.06 bits per heavy atom. The molecule has 1 aromatic rings. The second-order valence-corrected chi connectivity index (χ2v) is 4.87. The number of aryl methyl sites for hydroxylation is 1. The Kier molecular flexibility index (Phi) is 3.84. The van der Waals surface area contributed by atoms with Crippen LogP contribution in [0.4, 0.5) is 5.00 Å². The summed E-state index contributed by atoms with van der Waals surface area (Å²) in [5, 5.41) is 11.9. The lowest BCUT2D eigenvalue weighted by Crippen LogP contribution is -2.10. The van der Waals surface area contributed by atoms with Crippen LogP contribution < -0.4 is 5.32 Å². The Balaban J connectivity index is 2.93. The van der Waals surface area contributed by atoms with E-state index in [9.17, 15) is 9.59 Å². The highest BCUT2D eigenvalue weighted by Gasteiger charge is 2.14. The van der Waals surface area contributed by atoms with Gasteiger partial charge < -0.3 is 10.4 Å². The number of carboxylic acid groups (broad SMARTS) is 1. The molecule has 4 nitrogen and oxygen atoms in total. The monoisotopic (exact) mass is 239 g/mol. The molecule has 2 N–H and O–H groups in total. The lowest BCUT2D eigenvalue weighted by atomic mass is 10.3. The van der Waals surface area contributed by atoms with Gasteiger partial charge in [0.15, 0.2) is 0 Å². The van der Waals surface area contributed by atoms with Gasteiger partial charge in [-0.3, -0.25) is 4.79 Å². The number of hydrogen-bond donors (Lipinski definition) is 2. The van der Waals surface area contributed by atoms with E-state index in [0.29, 0.717) is 5.00 Å². The zero-order chi connectivity index (χ0) is 12.3. The van der Waals surface area contributed by atoms with Crippen LogP contribution in [0.3, 0.4) is 0 Å². The summed E-state index contributed by atoms with van der Waals surface area (Å²) in [4.78, 5) is 23.2. The van der Waals surface area contributed by atoms with Crippen LogP contribution in [0.1, 0.15) is 29.1 Å². The molecular formula is C11H13NO3S. The fourth-order valence-corrected chi connectivity index (χ4v) is 2.08. The molecule has 0 radical (unpaired) electrons. The van der Waals surface area contributed by atoms with Crippen LogP contribution >= 0.6 is 11.3 Å². The Hall–Kier alpha value is -1.62. The van der Waals surface area contributed by atoms with Crippen LogP contribution in [-0.2, 0) is 4.79 Å². The largest absolute Gasteiger partial charge is 0.478 e. The Bertz CT molecular complexity index is 456. The molecule has 1 amide bonds. The fourth-order valence-electron chi connectivity index (χ4n) is 1.18. The molecule has 0 unspecified atom stereocenters. The quantitative estimate of drug-likeness (QED) is 0.797. The lowest BCUT2D eigenvalue weighted by Gasteiger charge is -2.00. The molecule has 5 heteroatoms. The lowest BCUT2D eigenvalue weighted by molar-refractivity contribution is -0.111. The van der Waals surface area contributed by atoms with Crippen LogP contribution in [0.2, 0.25) is 0 Å². The second-order valence-electron chi connectivity index (χ2n) is 3.62. The van der Waals surface area contributed by atoms with Gasteiger partial charge in [-0.25, -0.2) is 4.79 Å². The number of amides is 1. The number of anilines is 1. The molecule has 0 bridgehead atoms. The van der Waals surface area contributed by atoms with Crippen LogP contribution in [-0.4, -0.2) is 17.0 Å². The number of thiophene rings is 1. The smallest absolute Gasteiger partial charge is 0.338 e. The number of carbonyl (C=O) groups excluding carboxylic acids is 1. The van der Waals surface area contributed by atoms with Crippen molar-refractivity contribution in [3.05, 3.63) is 28.2 Å². The summed E-state index contributed by atoms with van der Waals surface area (Å²) in [6.45, 7) is 5.41. The number of rotatable bonds is 3. The SMILES string of the molecule is CC(C)=CC(=O)Nc1sc(C)cc1C(=O)O. The van der Waals surface area contributed by atoms with Gasteiger partial charge in [0.1, 0.15) is 5.00 Å². The van der Waals surface area contributed by atoms with Crippen molar-refractivity contribution in [2.45, 2.75) is 20.8 Å². The highest BCUT2D eigenvalue weighted by Crippen LogP contribution is 2.27. The molecule has 0 aliphatic rings. The van der Waals surface area contributed by atoms with Crippen molar-refractivity contribution in [3.8, 4) is 0 Å². The number of hydrogen-bond acceptors (Lipinski definition) is 3. The minimum Gasteiger partial charge on any atom is -0.478 e. The number of nitrogens with one attached hydrogen (secondary N) is 1. The first-order valence-corrected chi connectivity index (χ1v) is 5.51. The maximum Gasteiger partial charge on any atom is 0.338 e. The van der Waals surface area contributed by atoms with Crippen molar-refractivity contribution >= 4 is 28.2 Å². The van der Waals surface area contributed by atoms with E-state index >= 15 is 0 Å². The van der Waals surface area contributed by atoms with Crippen LogP contribution in [0.25, 0.3) is 0 Å². The normalized spacial score (nSPS) is 9.69. The van der Waals surface area contributed by atoms with Gasteiger partial charge in [0.2, 0.25) is 5.91 Å². The number of allylic oxidation sites excluding steroid dienone is 1. The molecule has 0 aliphatic carbocycles. The Morgan fingerprint density at radius 1 is 1.44 bits per heavy atom. The molecule has 0 aliphatic heterocycles. The van der Waals surface area contributed by atoms with Gasteiger partial charge in [-0.1, -0.05) is 5.57 Å². The summed E-state index contributed by atoms with van der Waals surface area (Å²) in [6, 6.07) is 1.55. The van der Waals surface area contributed by atoms with E-state index in [1.165, 1.54) is 17.4 Å². The molecule has 0 fully saturated rings. The van der Waals surface area contributed by atoms with E-state index in [0.717, 1.165) is 10.5 Å². The van der Waals surface area contributed by atoms with Gasteiger partial charge in [0.05, 0.1) is 5.56 Å². The third-order valence-electron chi connectivity index (χ3n) is 1.74. The van der Waals surface area contributed by atoms with E-state index in [4.69, 9.17) is 5.11 Å². The average Bonchev–Trinajstić information content (AvgIpc) is 2.44. The topological polar surface area (TPSA) is 66.4 Å². The standard InChI is InChI=1S/C11H13NO3S/c1-6(2)4-9(13)12-10-8(11(14)15)5-7(3)16-10/h4-5H,1-3H3,(H,12,13)(H,14,15). The van der Waals surface area contributed by atoms with Crippen LogP contribution in [0, 0.1) is 6.92 Å². The van der Waals surface area contributed by atoms with Crippen molar-refractivity contribution in [3.63, 3.8) is 0 Å². The molecule has 0 saturated heterocycles. The molecule has 0 aromatic carbocycles. The van der Waals surface area contributed by atoms with E-state index < -0.39 is 5.97 Å². The van der Waals surface area contributed by atoms with Crippen molar-refractivity contribution in [1.29, 1.82) is 0 Å². The van der Waals surface area contributed by atoms with Crippen molar-refractivity contribution in [2.75, 3.05) is 5.32 Å². The minimum absolute atomic E-state index is 0.137. The summed E-state index contributed by atoms with van der Waals surface area (Å²) in [7, 11) is 0. The highest BCUT2D eigenvalue weighted by molar-refractivity contribution is 7.16. The van der Waals surface area contributed by atoms with Gasteiger partial charge in [-0.2, -0.15) is 0 Å². The third-order valence-corrected chi connectivity index (χ3v) is 2.71. The van der Waals surface area contributed by atoms with Crippen LogP contribution in [0.5, 0.6) is 0 Å². The number of carboxylic acids is 1. The highest BCUT2D eigenvalue weighted by atomic mass is 32.1. The maximum absolute atomic E-state index is 11.4. The number of aromatic carboxylic acids is 1. The molecular weight excluding hydrogens is 226 g/mol. The van der Waals surface area contributed by atoms with Gasteiger partial charge >= 0.3 is 5.97 Å². The molecule has 1 heterocycles. The summed E-state index contributed by atoms with van der Waals surface area (Å²) in [6.07, 6.45) is 1.43. The Labute approximate surface area is 97.6 Å². The van der Waals surface area contributed by atoms with Crippen molar-refractivity contribution in [2.24, 2.45) is 0 Å². The predicted molar refractivity (Wildman–Crippen MR) is 64.1 cm³/mol. The van der Waals surface area contributed by atoms with Gasteiger partial charge in [0, 0.05) is 11.0 Å². The molecule has 86 valence electrons. The first kappa shape index (κ1) is 12.4. The molecule has 16 heavy (non-hydrogen) atoms. The minimum atomic E-state index is -1.03. The molecule has 1 rings (SSSR count). The maximum atomic E-state index is 11.4. The van der Waals surface area contributed by atoms with Crippen LogP contribution in [0.15, 0.2) is 17.7 Å². The zero-order valence-corrected chi connectivity index (χ0v) is 10.1. The molecule has 0 atom stereocenters. The van der Waals surface area contributed by atoms with Crippen molar-refractivity contribution in [1.82, 2.24) is 0 Å². The van der Waals surface area contributed by atoms with E-state index in [1.54, 1.807) is 26.8 Å². The van der Waals surface area contributed by atoms with Gasteiger partial charge in [0.25, 0.3) is 0 Å². The first-order chi connectivity index (χ1) is 7.40. The zero-order valence-electron chi connectivity index (χ0n) is 9.33. The second kappa shape index (κ2) is 4.94. The van der Waals surface area contributed by atoms with Gasteiger partial charge in [-0.15, -0.1) is 11.3 Å². The summed E-state index contributed by atoms with van der Waals surface area (Å²) >= 11 is 1.26. The van der Waals surface area contributed by atoms with E-state index in [-0.39, 0.29) is 11.5 Å². The summed E-state index contributed by atoms with van der Waals surface area (Å²) in [5.41, 5.74) is 1.00. The third kappa shape index (κ3) is 3.20.